The molecule has 92 valence electrons. The van der Waals surface area contributed by atoms with E-state index in [9.17, 15) is 4.79 Å². The second-order valence-corrected chi connectivity index (χ2v) is 5.66. The molecule has 1 aliphatic heterocycles. The summed E-state index contributed by atoms with van der Waals surface area (Å²) in [5.74, 6) is 3.01. The van der Waals surface area contributed by atoms with Crippen molar-refractivity contribution in [2.24, 2.45) is 5.92 Å². The molecule has 1 amide bonds. The molecular weight excluding hydrogens is 232 g/mol. The van der Waals surface area contributed by atoms with Gasteiger partial charge >= 0.3 is 0 Å². The summed E-state index contributed by atoms with van der Waals surface area (Å²) in [4.78, 5) is 12.0. The van der Waals surface area contributed by atoms with Gasteiger partial charge in [-0.25, -0.2) is 0 Å². The van der Waals surface area contributed by atoms with Crippen molar-refractivity contribution in [1.82, 2.24) is 5.32 Å². The standard InChI is InChI=1S/C13H18N2OS/c1-9-2-3-11(14)6-12(9)13(16)15-7-10-4-5-17-8-10/h2-3,6,10H,4-5,7-8,14H2,1H3,(H,15,16). The van der Waals surface area contributed by atoms with Crippen molar-refractivity contribution in [2.45, 2.75) is 13.3 Å². The summed E-state index contributed by atoms with van der Waals surface area (Å²) in [5, 5.41) is 3.00. The van der Waals surface area contributed by atoms with Crippen LogP contribution in [-0.4, -0.2) is 24.0 Å². The number of carbonyl (C=O) groups is 1. The van der Waals surface area contributed by atoms with Gasteiger partial charge in [0.05, 0.1) is 0 Å². The molecule has 1 aromatic rings. The first-order chi connectivity index (χ1) is 8.16. The molecule has 1 saturated heterocycles. The summed E-state index contributed by atoms with van der Waals surface area (Å²) in [6.45, 7) is 2.71. The predicted octanol–water partition coefficient (Wildman–Crippen LogP) is 2.06. The number of rotatable bonds is 3. The molecule has 0 bridgehead atoms. The first-order valence-electron chi connectivity index (χ1n) is 5.89. The average Bonchev–Trinajstić information content (AvgIpc) is 2.82. The zero-order valence-corrected chi connectivity index (χ0v) is 10.8. The van der Waals surface area contributed by atoms with Crippen molar-refractivity contribution in [3.63, 3.8) is 0 Å². The second kappa shape index (κ2) is 5.45. The minimum absolute atomic E-state index is 0.00769. The molecule has 1 heterocycles. The zero-order valence-electron chi connectivity index (χ0n) is 10.0. The van der Waals surface area contributed by atoms with E-state index in [0.717, 1.165) is 17.9 Å². The Kier molecular flexibility index (Phi) is 3.94. The van der Waals surface area contributed by atoms with E-state index >= 15 is 0 Å². The molecular formula is C13H18N2OS. The molecule has 1 fully saturated rings. The number of hydrogen-bond acceptors (Lipinski definition) is 3. The van der Waals surface area contributed by atoms with Crippen LogP contribution >= 0.6 is 11.8 Å². The van der Waals surface area contributed by atoms with Gasteiger partial charge in [0.15, 0.2) is 0 Å². The van der Waals surface area contributed by atoms with Gasteiger partial charge in [0, 0.05) is 17.8 Å². The van der Waals surface area contributed by atoms with Gasteiger partial charge in [-0.15, -0.1) is 0 Å². The third-order valence-electron chi connectivity index (χ3n) is 3.08. The van der Waals surface area contributed by atoms with E-state index in [4.69, 9.17) is 5.73 Å². The first-order valence-corrected chi connectivity index (χ1v) is 7.04. The molecule has 1 unspecified atom stereocenters. The first kappa shape index (κ1) is 12.3. The largest absolute Gasteiger partial charge is 0.399 e. The third kappa shape index (κ3) is 3.16. The Hall–Kier alpha value is -1.16. The Morgan fingerprint density at radius 2 is 2.41 bits per heavy atom. The molecule has 1 aliphatic rings. The van der Waals surface area contributed by atoms with Gasteiger partial charge in [-0.05, 0) is 48.5 Å². The van der Waals surface area contributed by atoms with Crippen LogP contribution in [0.3, 0.4) is 0 Å². The molecule has 0 radical (unpaired) electrons. The SMILES string of the molecule is Cc1ccc(N)cc1C(=O)NCC1CCSC1. The number of hydrogen-bond donors (Lipinski definition) is 2. The van der Waals surface area contributed by atoms with Crippen LogP contribution in [-0.2, 0) is 0 Å². The highest BCUT2D eigenvalue weighted by Gasteiger charge is 2.17. The highest BCUT2D eigenvalue weighted by Crippen LogP contribution is 2.22. The van der Waals surface area contributed by atoms with Gasteiger partial charge in [0.1, 0.15) is 0 Å². The van der Waals surface area contributed by atoms with E-state index in [-0.39, 0.29) is 5.91 Å². The Labute approximate surface area is 106 Å². The van der Waals surface area contributed by atoms with Crippen LogP contribution < -0.4 is 11.1 Å². The van der Waals surface area contributed by atoms with Gasteiger partial charge in [0.2, 0.25) is 0 Å². The van der Waals surface area contributed by atoms with Gasteiger partial charge < -0.3 is 11.1 Å². The number of anilines is 1. The van der Waals surface area contributed by atoms with E-state index in [1.807, 2.05) is 30.8 Å². The number of thioether (sulfide) groups is 1. The van der Waals surface area contributed by atoms with Gasteiger partial charge in [-0.2, -0.15) is 11.8 Å². The summed E-state index contributed by atoms with van der Waals surface area (Å²) in [7, 11) is 0. The van der Waals surface area contributed by atoms with Crippen LogP contribution in [0.4, 0.5) is 5.69 Å². The van der Waals surface area contributed by atoms with Gasteiger partial charge in [0.25, 0.3) is 5.91 Å². The van der Waals surface area contributed by atoms with Crippen molar-refractivity contribution in [3.8, 4) is 0 Å². The fourth-order valence-electron chi connectivity index (χ4n) is 1.96. The van der Waals surface area contributed by atoms with Crippen molar-refractivity contribution in [1.29, 1.82) is 0 Å². The molecule has 3 nitrogen and oxygen atoms in total. The smallest absolute Gasteiger partial charge is 0.251 e. The fraction of sp³-hybridized carbons (Fsp3) is 0.462. The summed E-state index contributed by atoms with van der Waals surface area (Å²) in [5.41, 5.74) is 8.00. The average molecular weight is 250 g/mol. The van der Waals surface area contributed by atoms with E-state index < -0.39 is 0 Å². The number of nitrogens with two attached hydrogens (primary N) is 1. The van der Waals surface area contributed by atoms with E-state index in [2.05, 4.69) is 5.32 Å². The van der Waals surface area contributed by atoms with Crippen molar-refractivity contribution in [3.05, 3.63) is 29.3 Å². The molecule has 0 aliphatic carbocycles. The molecule has 17 heavy (non-hydrogen) atoms. The Balaban J connectivity index is 1.96. The summed E-state index contributed by atoms with van der Waals surface area (Å²) in [6, 6.07) is 5.45. The monoisotopic (exact) mass is 250 g/mol. The zero-order chi connectivity index (χ0) is 12.3. The van der Waals surface area contributed by atoms with E-state index in [1.165, 1.54) is 12.2 Å². The molecule has 0 saturated carbocycles. The van der Waals surface area contributed by atoms with Crippen LogP contribution in [0.2, 0.25) is 0 Å². The Morgan fingerprint density at radius 3 is 3.12 bits per heavy atom. The lowest BCUT2D eigenvalue weighted by Crippen LogP contribution is -2.29. The second-order valence-electron chi connectivity index (χ2n) is 4.51. The minimum atomic E-state index is -0.00769. The molecule has 2 rings (SSSR count). The number of aryl methyl sites for hydroxylation is 1. The summed E-state index contributed by atoms with van der Waals surface area (Å²) < 4.78 is 0. The molecule has 0 spiro atoms. The van der Waals surface area contributed by atoms with Crippen LogP contribution in [0.15, 0.2) is 18.2 Å². The molecule has 1 atom stereocenters. The highest BCUT2D eigenvalue weighted by molar-refractivity contribution is 7.99. The number of nitrogen functional groups attached to an aromatic ring is 1. The van der Waals surface area contributed by atoms with Crippen LogP contribution in [0.5, 0.6) is 0 Å². The quantitative estimate of drug-likeness (QED) is 0.807. The summed E-state index contributed by atoms with van der Waals surface area (Å²) >= 11 is 1.96. The molecule has 4 heteroatoms. The maximum absolute atomic E-state index is 12.0. The van der Waals surface area contributed by atoms with Gasteiger partial charge in [-0.1, -0.05) is 6.07 Å². The van der Waals surface area contributed by atoms with Crippen LogP contribution in [0, 0.1) is 12.8 Å². The minimum Gasteiger partial charge on any atom is -0.399 e. The lowest BCUT2D eigenvalue weighted by molar-refractivity contribution is 0.0948. The third-order valence-corrected chi connectivity index (χ3v) is 4.31. The number of carbonyl (C=O) groups excluding carboxylic acids is 1. The number of nitrogens with one attached hydrogen (secondary N) is 1. The topological polar surface area (TPSA) is 55.1 Å². The normalized spacial score (nSPS) is 19.2. The summed E-state index contributed by atoms with van der Waals surface area (Å²) in [6.07, 6.45) is 1.21. The maximum atomic E-state index is 12.0. The molecule has 1 aromatic carbocycles. The number of amides is 1. The Bertz CT molecular complexity index is 414. The lowest BCUT2D eigenvalue weighted by atomic mass is 10.1. The van der Waals surface area contributed by atoms with E-state index in [1.54, 1.807) is 6.07 Å². The number of benzene rings is 1. The van der Waals surface area contributed by atoms with Crippen molar-refractivity contribution >= 4 is 23.4 Å². The predicted molar refractivity (Wildman–Crippen MR) is 73.4 cm³/mol. The molecule has 3 N–H and O–H groups in total. The highest BCUT2D eigenvalue weighted by atomic mass is 32.2. The van der Waals surface area contributed by atoms with Crippen molar-refractivity contribution < 1.29 is 4.79 Å². The molecule has 0 aromatic heterocycles. The van der Waals surface area contributed by atoms with Crippen LogP contribution in [0.25, 0.3) is 0 Å². The van der Waals surface area contributed by atoms with E-state index in [0.29, 0.717) is 17.2 Å². The van der Waals surface area contributed by atoms with Crippen molar-refractivity contribution in [2.75, 3.05) is 23.8 Å². The van der Waals surface area contributed by atoms with Gasteiger partial charge in [-0.3, -0.25) is 4.79 Å². The van der Waals surface area contributed by atoms with Crippen LogP contribution in [0.1, 0.15) is 22.3 Å². The maximum Gasteiger partial charge on any atom is 0.251 e. The fourth-order valence-corrected chi connectivity index (χ4v) is 3.25. The Morgan fingerprint density at radius 1 is 1.59 bits per heavy atom. The lowest BCUT2D eigenvalue weighted by Gasteiger charge is -2.11.